The van der Waals surface area contributed by atoms with Crippen LogP contribution in [0.5, 0.6) is 0 Å². The minimum Gasteiger partial charge on any atom is -0.312 e. The van der Waals surface area contributed by atoms with Crippen LogP contribution in [0, 0.1) is 17.2 Å². The van der Waals surface area contributed by atoms with Gasteiger partial charge in [0, 0.05) is 19.1 Å². The van der Waals surface area contributed by atoms with Crippen molar-refractivity contribution in [1.82, 2.24) is 9.62 Å². The van der Waals surface area contributed by atoms with E-state index in [1.807, 2.05) is 0 Å². The highest BCUT2D eigenvalue weighted by molar-refractivity contribution is 7.89. The molecule has 2 saturated heterocycles. The lowest BCUT2D eigenvalue weighted by molar-refractivity contribution is 0.339. The summed E-state index contributed by atoms with van der Waals surface area (Å²) in [5.74, 6) is 0.436. The molecule has 2 aliphatic rings. The molecule has 0 aromatic heterocycles. The van der Waals surface area contributed by atoms with Gasteiger partial charge in [-0.2, -0.15) is 9.57 Å². The Labute approximate surface area is 125 Å². The van der Waals surface area contributed by atoms with Crippen molar-refractivity contribution in [2.45, 2.75) is 30.2 Å². The molecule has 0 aliphatic carbocycles. The Balaban J connectivity index is 1.79. The zero-order chi connectivity index (χ0) is 14.9. The van der Waals surface area contributed by atoms with Gasteiger partial charge >= 0.3 is 0 Å². The van der Waals surface area contributed by atoms with E-state index >= 15 is 0 Å². The Hall–Kier alpha value is -1.42. The highest BCUT2D eigenvalue weighted by Crippen LogP contribution is 2.29. The molecule has 0 spiro atoms. The summed E-state index contributed by atoms with van der Waals surface area (Å²) < 4.78 is 27.0. The number of piperidine rings is 1. The summed E-state index contributed by atoms with van der Waals surface area (Å²) in [7, 11) is -3.42. The lowest BCUT2D eigenvalue weighted by Gasteiger charge is -2.24. The number of sulfonamides is 1. The minimum absolute atomic E-state index is 0.298. The Bertz CT molecular complexity index is 634. The Kier molecular flexibility index (Phi) is 3.98. The fraction of sp³-hybridized carbons (Fsp3) is 0.533. The molecular formula is C15H19N3O2S. The molecule has 2 unspecified atom stereocenters. The van der Waals surface area contributed by atoms with Crippen molar-refractivity contribution in [2.24, 2.45) is 5.92 Å². The van der Waals surface area contributed by atoms with Crippen LogP contribution < -0.4 is 5.32 Å². The summed E-state index contributed by atoms with van der Waals surface area (Å²) in [6, 6.07) is 9.02. The van der Waals surface area contributed by atoms with E-state index in [2.05, 4.69) is 11.4 Å². The van der Waals surface area contributed by atoms with Crippen LogP contribution in [0.25, 0.3) is 0 Å². The van der Waals surface area contributed by atoms with Gasteiger partial charge in [-0.05, 0) is 43.0 Å². The lowest BCUT2D eigenvalue weighted by Crippen LogP contribution is -2.41. The minimum atomic E-state index is -3.42. The Morgan fingerprint density at radius 1 is 1.29 bits per heavy atom. The van der Waals surface area contributed by atoms with Crippen molar-refractivity contribution in [1.29, 1.82) is 5.26 Å². The maximum atomic E-state index is 12.7. The number of hydrogen-bond acceptors (Lipinski definition) is 4. The van der Waals surface area contributed by atoms with Crippen LogP contribution >= 0.6 is 0 Å². The molecule has 3 rings (SSSR count). The SMILES string of the molecule is N#CCc1ccc(S(=O)(=O)N2CC3CCCNC3C2)cc1. The van der Waals surface area contributed by atoms with E-state index in [1.165, 1.54) is 0 Å². The first-order chi connectivity index (χ1) is 10.1. The number of fused-ring (bicyclic) bond motifs is 1. The Morgan fingerprint density at radius 2 is 2.05 bits per heavy atom. The number of nitriles is 1. The van der Waals surface area contributed by atoms with Gasteiger partial charge in [0.2, 0.25) is 10.0 Å². The highest BCUT2D eigenvalue weighted by Gasteiger charge is 2.40. The molecule has 112 valence electrons. The van der Waals surface area contributed by atoms with Gasteiger partial charge in [-0.3, -0.25) is 0 Å². The van der Waals surface area contributed by atoms with Crippen LogP contribution in [-0.4, -0.2) is 38.4 Å². The number of nitrogens with one attached hydrogen (secondary N) is 1. The van der Waals surface area contributed by atoms with Gasteiger partial charge in [-0.1, -0.05) is 12.1 Å². The molecule has 6 heteroatoms. The second kappa shape index (κ2) is 5.76. The molecule has 0 bridgehead atoms. The molecule has 2 heterocycles. The van der Waals surface area contributed by atoms with Gasteiger partial charge in [0.15, 0.2) is 0 Å². The topological polar surface area (TPSA) is 73.2 Å². The third-order valence-corrected chi connectivity index (χ3v) is 6.26. The molecule has 2 atom stereocenters. The standard InChI is InChI=1S/C15H19N3O2S/c16-8-7-12-3-5-14(6-4-12)21(19,20)18-10-13-2-1-9-17-15(13)11-18/h3-6,13,15,17H,1-2,7,9-11H2. The molecule has 1 N–H and O–H groups in total. The van der Waals surface area contributed by atoms with E-state index in [-0.39, 0.29) is 0 Å². The number of rotatable bonds is 3. The highest BCUT2D eigenvalue weighted by atomic mass is 32.2. The van der Waals surface area contributed by atoms with Gasteiger partial charge < -0.3 is 5.32 Å². The molecule has 21 heavy (non-hydrogen) atoms. The first kappa shape index (κ1) is 14.5. The fourth-order valence-electron chi connectivity index (χ4n) is 3.22. The monoisotopic (exact) mass is 305 g/mol. The van der Waals surface area contributed by atoms with Crippen molar-refractivity contribution in [2.75, 3.05) is 19.6 Å². The van der Waals surface area contributed by atoms with Crippen molar-refractivity contribution < 1.29 is 8.42 Å². The van der Waals surface area contributed by atoms with E-state index < -0.39 is 10.0 Å². The smallest absolute Gasteiger partial charge is 0.243 e. The third-order valence-electron chi connectivity index (χ3n) is 4.41. The fourth-order valence-corrected chi connectivity index (χ4v) is 4.75. The summed E-state index contributed by atoms with van der Waals surface area (Å²) in [6.07, 6.45) is 2.53. The van der Waals surface area contributed by atoms with Gasteiger partial charge in [0.1, 0.15) is 0 Å². The first-order valence-electron chi connectivity index (χ1n) is 7.30. The lowest BCUT2D eigenvalue weighted by atomic mass is 9.94. The Morgan fingerprint density at radius 3 is 2.71 bits per heavy atom. The summed E-state index contributed by atoms with van der Waals surface area (Å²) in [4.78, 5) is 0.322. The molecule has 5 nitrogen and oxygen atoms in total. The van der Waals surface area contributed by atoms with Crippen LogP contribution in [-0.2, 0) is 16.4 Å². The van der Waals surface area contributed by atoms with Gasteiger partial charge in [-0.25, -0.2) is 8.42 Å². The van der Waals surface area contributed by atoms with Crippen molar-refractivity contribution in [3.05, 3.63) is 29.8 Å². The van der Waals surface area contributed by atoms with E-state index in [1.54, 1.807) is 28.6 Å². The average molecular weight is 305 g/mol. The predicted molar refractivity (Wildman–Crippen MR) is 79.0 cm³/mol. The van der Waals surface area contributed by atoms with Gasteiger partial charge in [0.25, 0.3) is 0 Å². The summed E-state index contributed by atoms with van der Waals surface area (Å²) in [5.41, 5.74) is 0.841. The quantitative estimate of drug-likeness (QED) is 0.908. The molecular weight excluding hydrogens is 286 g/mol. The maximum Gasteiger partial charge on any atom is 0.243 e. The largest absolute Gasteiger partial charge is 0.312 e. The molecule has 1 aromatic rings. The van der Waals surface area contributed by atoms with Crippen molar-refractivity contribution >= 4 is 10.0 Å². The van der Waals surface area contributed by atoms with Crippen LogP contribution in [0.4, 0.5) is 0 Å². The first-order valence-corrected chi connectivity index (χ1v) is 8.74. The van der Waals surface area contributed by atoms with Crippen LogP contribution in [0.1, 0.15) is 18.4 Å². The number of benzene rings is 1. The number of hydrogen-bond donors (Lipinski definition) is 1. The molecule has 1 aromatic carbocycles. The molecule has 0 amide bonds. The van der Waals surface area contributed by atoms with Crippen LogP contribution in [0.3, 0.4) is 0 Å². The predicted octanol–water partition coefficient (Wildman–Crippen LogP) is 1.13. The van der Waals surface area contributed by atoms with Crippen molar-refractivity contribution in [3.8, 4) is 6.07 Å². The summed E-state index contributed by atoms with van der Waals surface area (Å²) in [6.45, 7) is 2.16. The maximum absolute atomic E-state index is 12.7. The zero-order valence-corrected chi connectivity index (χ0v) is 12.6. The number of nitrogens with zero attached hydrogens (tertiary/aromatic N) is 2. The second-order valence-corrected chi connectivity index (χ2v) is 7.70. The second-order valence-electron chi connectivity index (χ2n) is 5.76. The van der Waals surface area contributed by atoms with Crippen molar-refractivity contribution in [3.63, 3.8) is 0 Å². The van der Waals surface area contributed by atoms with E-state index in [4.69, 9.17) is 5.26 Å². The normalized spacial score (nSPS) is 26.2. The third kappa shape index (κ3) is 2.82. The van der Waals surface area contributed by atoms with Gasteiger partial charge in [-0.15, -0.1) is 0 Å². The van der Waals surface area contributed by atoms with E-state index in [0.29, 0.717) is 36.4 Å². The van der Waals surface area contributed by atoms with E-state index in [0.717, 1.165) is 24.9 Å². The van der Waals surface area contributed by atoms with Crippen LogP contribution in [0.15, 0.2) is 29.2 Å². The summed E-state index contributed by atoms with van der Waals surface area (Å²) in [5, 5.41) is 12.1. The van der Waals surface area contributed by atoms with Gasteiger partial charge in [0.05, 0.1) is 17.4 Å². The van der Waals surface area contributed by atoms with Crippen LogP contribution in [0.2, 0.25) is 0 Å². The summed E-state index contributed by atoms with van der Waals surface area (Å²) >= 11 is 0. The average Bonchev–Trinajstić information content (AvgIpc) is 2.93. The zero-order valence-electron chi connectivity index (χ0n) is 11.8. The van der Waals surface area contributed by atoms with E-state index in [9.17, 15) is 8.42 Å². The molecule has 2 aliphatic heterocycles. The molecule has 2 fully saturated rings. The molecule has 0 saturated carbocycles. The molecule has 0 radical (unpaired) electrons.